The van der Waals surface area contributed by atoms with Crippen LogP contribution in [0, 0.1) is 5.92 Å². The summed E-state index contributed by atoms with van der Waals surface area (Å²) in [5, 5.41) is 3.24. The summed E-state index contributed by atoms with van der Waals surface area (Å²) in [6.45, 7) is 7.33. The Morgan fingerprint density at radius 2 is 2.00 bits per heavy atom. The van der Waals surface area contributed by atoms with Crippen LogP contribution in [0.1, 0.15) is 38.8 Å². The van der Waals surface area contributed by atoms with Crippen LogP contribution in [0.25, 0.3) is 0 Å². The first kappa shape index (κ1) is 14.5. The monoisotopic (exact) mass is 299 g/mol. The number of nitrogens with one attached hydrogen (secondary N) is 1. The molecule has 0 aliphatic heterocycles. The predicted octanol–water partition coefficient (Wildman–Crippen LogP) is 4.15. The maximum Gasteiger partial charge on any atom is 0.125 e. The standard InChI is InChI=1S/C14H22BrNO/c1-10(2)7-8-17-14-9-12(15)5-6-13(14)11(3)16-4/h5-6,9-11,16H,7-8H2,1-4H3. The Morgan fingerprint density at radius 1 is 1.29 bits per heavy atom. The van der Waals surface area contributed by atoms with Crippen LogP contribution in [0.3, 0.4) is 0 Å². The first-order valence-electron chi connectivity index (χ1n) is 6.14. The summed E-state index contributed by atoms with van der Waals surface area (Å²) in [5.74, 6) is 1.65. The van der Waals surface area contributed by atoms with Gasteiger partial charge in [0, 0.05) is 16.1 Å². The maximum atomic E-state index is 5.88. The summed E-state index contributed by atoms with van der Waals surface area (Å²) >= 11 is 3.49. The number of hydrogen-bond donors (Lipinski definition) is 1. The number of halogens is 1. The lowest BCUT2D eigenvalue weighted by Gasteiger charge is -2.17. The minimum atomic E-state index is 0.303. The van der Waals surface area contributed by atoms with Crippen LogP contribution in [0.5, 0.6) is 5.75 Å². The number of rotatable bonds is 6. The molecule has 0 aliphatic rings. The van der Waals surface area contributed by atoms with Crippen LogP contribution in [0.15, 0.2) is 22.7 Å². The Labute approximate surface area is 113 Å². The van der Waals surface area contributed by atoms with Gasteiger partial charge in [-0.05, 0) is 38.4 Å². The van der Waals surface area contributed by atoms with Gasteiger partial charge in [-0.15, -0.1) is 0 Å². The maximum absolute atomic E-state index is 5.88. The van der Waals surface area contributed by atoms with Gasteiger partial charge in [-0.3, -0.25) is 0 Å². The predicted molar refractivity (Wildman–Crippen MR) is 76.6 cm³/mol. The molecule has 0 bridgehead atoms. The molecule has 1 N–H and O–H groups in total. The van der Waals surface area contributed by atoms with Gasteiger partial charge in [-0.2, -0.15) is 0 Å². The molecule has 0 heterocycles. The second-order valence-corrected chi connectivity index (χ2v) is 5.64. The Kier molecular flexibility index (Phi) is 6.00. The van der Waals surface area contributed by atoms with Crippen molar-refractivity contribution in [3.05, 3.63) is 28.2 Å². The topological polar surface area (TPSA) is 21.3 Å². The van der Waals surface area contributed by atoms with Crippen LogP contribution >= 0.6 is 15.9 Å². The zero-order valence-corrected chi connectivity index (χ0v) is 12.7. The molecule has 3 heteroatoms. The molecule has 0 fully saturated rings. The zero-order chi connectivity index (χ0) is 12.8. The summed E-state index contributed by atoms with van der Waals surface area (Å²) in [7, 11) is 1.96. The highest BCUT2D eigenvalue weighted by molar-refractivity contribution is 9.10. The van der Waals surface area contributed by atoms with Gasteiger partial charge in [0.05, 0.1) is 6.61 Å². The smallest absolute Gasteiger partial charge is 0.125 e. The van der Waals surface area contributed by atoms with E-state index in [-0.39, 0.29) is 0 Å². The van der Waals surface area contributed by atoms with Gasteiger partial charge in [0.1, 0.15) is 5.75 Å². The third-order valence-electron chi connectivity index (χ3n) is 2.83. The minimum absolute atomic E-state index is 0.303. The Bertz CT molecular complexity index is 352. The third-order valence-corrected chi connectivity index (χ3v) is 3.32. The number of ether oxygens (including phenoxy) is 1. The fourth-order valence-electron chi connectivity index (χ4n) is 1.55. The molecule has 1 aromatic rings. The SMILES string of the molecule is CNC(C)c1ccc(Br)cc1OCCC(C)C. The molecule has 1 atom stereocenters. The molecule has 96 valence electrons. The largest absolute Gasteiger partial charge is 0.493 e. The first-order valence-corrected chi connectivity index (χ1v) is 6.93. The van der Waals surface area contributed by atoms with E-state index >= 15 is 0 Å². The normalized spacial score (nSPS) is 12.8. The summed E-state index contributed by atoms with van der Waals surface area (Å²) in [5.41, 5.74) is 1.21. The molecule has 2 nitrogen and oxygen atoms in total. The van der Waals surface area contributed by atoms with E-state index in [0.717, 1.165) is 23.2 Å². The van der Waals surface area contributed by atoms with E-state index in [0.29, 0.717) is 12.0 Å². The van der Waals surface area contributed by atoms with Crippen LogP contribution in [-0.4, -0.2) is 13.7 Å². The summed E-state index contributed by atoms with van der Waals surface area (Å²) in [4.78, 5) is 0. The highest BCUT2D eigenvalue weighted by Crippen LogP contribution is 2.28. The van der Waals surface area contributed by atoms with E-state index in [1.807, 2.05) is 13.1 Å². The lowest BCUT2D eigenvalue weighted by molar-refractivity contribution is 0.284. The molecule has 1 unspecified atom stereocenters. The average molecular weight is 300 g/mol. The average Bonchev–Trinajstić information content (AvgIpc) is 2.28. The molecule has 1 rings (SSSR count). The van der Waals surface area contributed by atoms with Gasteiger partial charge in [0.15, 0.2) is 0 Å². The van der Waals surface area contributed by atoms with Crippen LogP contribution in [0.2, 0.25) is 0 Å². The van der Waals surface area contributed by atoms with Gasteiger partial charge in [0.2, 0.25) is 0 Å². The Morgan fingerprint density at radius 3 is 2.59 bits per heavy atom. The van der Waals surface area contributed by atoms with Crippen molar-refractivity contribution in [3.8, 4) is 5.75 Å². The van der Waals surface area contributed by atoms with E-state index in [9.17, 15) is 0 Å². The molecular formula is C14H22BrNO. The van der Waals surface area contributed by atoms with Gasteiger partial charge in [0.25, 0.3) is 0 Å². The van der Waals surface area contributed by atoms with Gasteiger partial charge in [-0.1, -0.05) is 35.8 Å². The quantitative estimate of drug-likeness (QED) is 0.852. The molecule has 0 saturated heterocycles. The fraction of sp³-hybridized carbons (Fsp3) is 0.571. The molecule has 0 spiro atoms. The molecule has 0 amide bonds. The second-order valence-electron chi connectivity index (χ2n) is 4.72. The van der Waals surface area contributed by atoms with E-state index in [1.165, 1.54) is 5.56 Å². The van der Waals surface area contributed by atoms with Crippen molar-refractivity contribution < 1.29 is 4.74 Å². The van der Waals surface area contributed by atoms with Crippen LogP contribution < -0.4 is 10.1 Å². The lowest BCUT2D eigenvalue weighted by atomic mass is 10.1. The van der Waals surface area contributed by atoms with Gasteiger partial charge in [-0.25, -0.2) is 0 Å². The van der Waals surface area contributed by atoms with E-state index in [4.69, 9.17) is 4.74 Å². The first-order chi connectivity index (χ1) is 8.04. The second kappa shape index (κ2) is 7.02. The number of benzene rings is 1. The zero-order valence-electron chi connectivity index (χ0n) is 11.1. The molecule has 1 aromatic carbocycles. The molecule has 0 aromatic heterocycles. The van der Waals surface area contributed by atoms with E-state index < -0.39 is 0 Å². The summed E-state index contributed by atoms with van der Waals surface area (Å²) < 4.78 is 6.94. The Balaban J connectivity index is 2.76. The highest BCUT2D eigenvalue weighted by Gasteiger charge is 2.10. The van der Waals surface area contributed by atoms with E-state index in [2.05, 4.69) is 54.2 Å². The minimum Gasteiger partial charge on any atom is -0.493 e. The summed E-state index contributed by atoms with van der Waals surface area (Å²) in [6, 6.07) is 6.51. The van der Waals surface area contributed by atoms with Gasteiger partial charge >= 0.3 is 0 Å². The van der Waals surface area contributed by atoms with Gasteiger partial charge < -0.3 is 10.1 Å². The fourth-order valence-corrected chi connectivity index (χ4v) is 1.89. The van der Waals surface area contributed by atoms with Crippen molar-refractivity contribution in [2.75, 3.05) is 13.7 Å². The van der Waals surface area contributed by atoms with Crippen molar-refractivity contribution in [3.63, 3.8) is 0 Å². The third kappa shape index (κ3) is 4.68. The molecule has 17 heavy (non-hydrogen) atoms. The molecule has 0 radical (unpaired) electrons. The molecule has 0 saturated carbocycles. The van der Waals surface area contributed by atoms with Crippen molar-refractivity contribution >= 4 is 15.9 Å². The molecule has 0 aliphatic carbocycles. The molecular weight excluding hydrogens is 278 g/mol. The van der Waals surface area contributed by atoms with Crippen LogP contribution in [0.4, 0.5) is 0 Å². The lowest BCUT2D eigenvalue weighted by Crippen LogP contribution is -2.14. The highest BCUT2D eigenvalue weighted by atomic mass is 79.9. The van der Waals surface area contributed by atoms with Crippen molar-refractivity contribution in [1.82, 2.24) is 5.32 Å². The van der Waals surface area contributed by atoms with Crippen LogP contribution in [-0.2, 0) is 0 Å². The number of hydrogen-bond acceptors (Lipinski definition) is 2. The van der Waals surface area contributed by atoms with Crippen molar-refractivity contribution in [1.29, 1.82) is 0 Å². The van der Waals surface area contributed by atoms with Crippen molar-refractivity contribution in [2.45, 2.75) is 33.2 Å². The van der Waals surface area contributed by atoms with E-state index in [1.54, 1.807) is 0 Å². The van der Waals surface area contributed by atoms with Crippen molar-refractivity contribution in [2.24, 2.45) is 5.92 Å². The summed E-state index contributed by atoms with van der Waals surface area (Å²) in [6.07, 6.45) is 1.08. The Hall–Kier alpha value is -0.540.